The van der Waals surface area contributed by atoms with Gasteiger partial charge < -0.3 is 5.73 Å². The van der Waals surface area contributed by atoms with E-state index in [4.69, 9.17) is 5.73 Å². The van der Waals surface area contributed by atoms with Crippen LogP contribution in [-0.2, 0) is 24.1 Å². The lowest BCUT2D eigenvalue weighted by Gasteiger charge is -2.40. The highest BCUT2D eigenvalue weighted by Crippen LogP contribution is 2.39. The van der Waals surface area contributed by atoms with Gasteiger partial charge in [-0.2, -0.15) is 0 Å². The molecule has 7 nitrogen and oxygen atoms in total. The van der Waals surface area contributed by atoms with E-state index in [9.17, 15) is 13.2 Å². The molecule has 2 aromatic rings. The predicted octanol–water partition coefficient (Wildman–Crippen LogP) is 2.07. The molecule has 0 radical (unpaired) electrons. The predicted molar refractivity (Wildman–Crippen MR) is 110 cm³/mol. The lowest BCUT2D eigenvalue weighted by atomic mass is 9.70. The van der Waals surface area contributed by atoms with Crippen LogP contribution in [0, 0.1) is 11.3 Å². The molecule has 1 heterocycles. The van der Waals surface area contributed by atoms with Gasteiger partial charge in [-0.1, -0.05) is 13.8 Å². The second-order valence-electron chi connectivity index (χ2n) is 8.30. The molecule has 1 fully saturated rings. The van der Waals surface area contributed by atoms with Crippen LogP contribution in [0.5, 0.6) is 0 Å². The largest absolute Gasteiger partial charge is 0.330 e. The van der Waals surface area contributed by atoms with Crippen molar-refractivity contribution in [1.29, 1.82) is 0 Å². The van der Waals surface area contributed by atoms with Crippen LogP contribution in [0.2, 0.25) is 0 Å². The minimum Gasteiger partial charge on any atom is -0.330 e. The number of fused-ring (bicyclic) bond motifs is 1. The molecule has 2 atom stereocenters. The van der Waals surface area contributed by atoms with Gasteiger partial charge in [-0.3, -0.25) is 9.13 Å². The number of rotatable bonds is 4. The summed E-state index contributed by atoms with van der Waals surface area (Å²) in [5, 5.41) is 0. The van der Waals surface area contributed by atoms with Crippen molar-refractivity contribution in [2.45, 2.75) is 44.0 Å². The van der Waals surface area contributed by atoms with Crippen LogP contribution in [0.15, 0.2) is 26.3 Å². The molecule has 0 aliphatic heterocycles. The zero-order chi connectivity index (χ0) is 20.1. The molecule has 1 aliphatic carbocycles. The van der Waals surface area contributed by atoms with Crippen LogP contribution in [0.4, 0.5) is 0 Å². The van der Waals surface area contributed by atoms with Crippen molar-refractivity contribution in [2.24, 2.45) is 31.2 Å². The van der Waals surface area contributed by atoms with E-state index in [1.54, 1.807) is 26.2 Å². The smallest absolute Gasteiger partial charge is 0.328 e. The number of nitrogens with two attached hydrogens (primary N) is 1. The molecule has 2 unspecified atom stereocenters. The first-order chi connectivity index (χ1) is 12.5. The second kappa shape index (κ2) is 7.02. The first-order valence-electron chi connectivity index (χ1n) is 9.04. The molecule has 1 aromatic heterocycles. The Morgan fingerprint density at radius 2 is 1.85 bits per heavy atom. The Morgan fingerprint density at radius 1 is 1.26 bits per heavy atom. The number of halogens is 1. The third kappa shape index (κ3) is 3.74. The third-order valence-electron chi connectivity index (χ3n) is 5.74. The average molecular weight is 459 g/mol. The number of aryl methyl sites for hydroxylation is 2. The van der Waals surface area contributed by atoms with Crippen molar-refractivity contribution in [3.05, 3.63) is 27.1 Å². The van der Waals surface area contributed by atoms with Crippen molar-refractivity contribution in [3.63, 3.8) is 0 Å². The van der Waals surface area contributed by atoms with Crippen LogP contribution in [0.3, 0.4) is 0 Å². The molecule has 1 aliphatic rings. The minimum absolute atomic E-state index is 0.104. The molecule has 3 N–H and O–H groups in total. The Hall–Kier alpha value is -1.16. The summed E-state index contributed by atoms with van der Waals surface area (Å²) in [5.41, 5.74) is 7.16. The molecule has 0 saturated heterocycles. The number of benzene rings is 1. The van der Waals surface area contributed by atoms with Crippen LogP contribution in [0.1, 0.15) is 33.1 Å². The lowest BCUT2D eigenvalue weighted by Crippen LogP contribution is -2.47. The zero-order valence-electron chi connectivity index (χ0n) is 16.1. The van der Waals surface area contributed by atoms with E-state index in [-0.39, 0.29) is 28.0 Å². The van der Waals surface area contributed by atoms with Gasteiger partial charge in [-0.25, -0.2) is 17.9 Å². The Bertz CT molecular complexity index is 1040. The Morgan fingerprint density at radius 3 is 2.44 bits per heavy atom. The molecule has 0 bridgehead atoms. The van der Waals surface area contributed by atoms with Gasteiger partial charge in [0.15, 0.2) is 0 Å². The standard InChI is InChI=1S/C18H27BrN4O3S/c1-18(2)6-5-13(11(9-18)10-20)21-27(25,26)16-8-15-14(7-12(16)19)22(3)17(24)23(15)4/h7-8,11,13,21H,5-6,9-10,20H2,1-4H3. The number of nitrogens with zero attached hydrogens (tertiary/aromatic N) is 2. The third-order valence-corrected chi connectivity index (χ3v) is 8.19. The second-order valence-corrected chi connectivity index (χ2v) is 10.8. The van der Waals surface area contributed by atoms with Gasteiger partial charge in [0.1, 0.15) is 0 Å². The summed E-state index contributed by atoms with van der Waals surface area (Å²) in [6.07, 6.45) is 2.60. The number of aromatic nitrogens is 2. The minimum atomic E-state index is -3.76. The summed E-state index contributed by atoms with van der Waals surface area (Å²) in [6.45, 7) is 4.84. The monoisotopic (exact) mass is 458 g/mol. The van der Waals surface area contributed by atoms with Crippen molar-refractivity contribution in [1.82, 2.24) is 13.9 Å². The average Bonchev–Trinajstić information content (AvgIpc) is 2.79. The summed E-state index contributed by atoms with van der Waals surface area (Å²) in [4.78, 5) is 12.3. The molecule has 150 valence electrons. The van der Waals surface area contributed by atoms with Gasteiger partial charge in [0.25, 0.3) is 0 Å². The maximum atomic E-state index is 13.1. The van der Waals surface area contributed by atoms with E-state index in [0.29, 0.717) is 22.1 Å². The van der Waals surface area contributed by atoms with Crippen molar-refractivity contribution < 1.29 is 8.42 Å². The maximum Gasteiger partial charge on any atom is 0.328 e. The van der Waals surface area contributed by atoms with Gasteiger partial charge in [-0.15, -0.1) is 0 Å². The zero-order valence-corrected chi connectivity index (χ0v) is 18.5. The van der Waals surface area contributed by atoms with E-state index >= 15 is 0 Å². The topological polar surface area (TPSA) is 99.1 Å². The number of hydrogen-bond donors (Lipinski definition) is 2. The van der Waals surface area contributed by atoms with Crippen molar-refractivity contribution in [3.8, 4) is 0 Å². The fourth-order valence-corrected chi connectivity index (χ4v) is 6.50. The van der Waals surface area contributed by atoms with Gasteiger partial charge >= 0.3 is 5.69 Å². The van der Waals surface area contributed by atoms with E-state index in [2.05, 4.69) is 34.5 Å². The van der Waals surface area contributed by atoms with Crippen molar-refractivity contribution in [2.75, 3.05) is 6.54 Å². The van der Waals surface area contributed by atoms with Gasteiger partial charge in [0.05, 0.1) is 15.9 Å². The molecule has 1 saturated carbocycles. The molecule has 0 amide bonds. The summed E-state index contributed by atoms with van der Waals surface area (Å²) in [7, 11) is -0.459. The molecular formula is C18H27BrN4O3S. The first-order valence-corrected chi connectivity index (χ1v) is 11.3. The Kier molecular flexibility index (Phi) is 5.35. The molecule has 1 aromatic carbocycles. The fraction of sp³-hybridized carbons (Fsp3) is 0.611. The van der Waals surface area contributed by atoms with E-state index in [1.807, 2.05) is 0 Å². The highest BCUT2D eigenvalue weighted by Gasteiger charge is 2.36. The Labute approximate surface area is 168 Å². The summed E-state index contributed by atoms with van der Waals surface area (Å²) < 4.78 is 32.5. The molecule has 27 heavy (non-hydrogen) atoms. The quantitative estimate of drug-likeness (QED) is 0.731. The maximum absolute atomic E-state index is 13.1. The van der Waals surface area contributed by atoms with Crippen LogP contribution >= 0.6 is 15.9 Å². The summed E-state index contributed by atoms with van der Waals surface area (Å²) >= 11 is 3.37. The van der Waals surface area contributed by atoms with Crippen LogP contribution in [-0.4, -0.2) is 30.1 Å². The van der Waals surface area contributed by atoms with E-state index in [0.717, 1.165) is 19.3 Å². The summed E-state index contributed by atoms with van der Waals surface area (Å²) in [5.74, 6) is 0.104. The summed E-state index contributed by atoms with van der Waals surface area (Å²) in [6, 6.07) is 3.04. The molecular weight excluding hydrogens is 432 g/mol. The van der Waals surface area contributed by atoms with Gasteiger partial charge in [0, 0.05) is 24.6 Å². The van der Waals surface area contributed by atoms with Crippen molar-refractivity contribution >= 4 is 37.0 Å². The highest BCUT2D eigenvalue weighted by molar-refractivity contribution is 9.10. The van der Waals surface area contributed by atoms with E-state index < -0.39 is 10.0 Å². The Balaban J connectivity index is 1.99. The van der Waals surface area contributed by atoms with Crippen LogP contribution < -0.4 is 16.1 Å². The number of nitrogens with one attached hydrogen (secondary N) is 1. The number of hydrogen-bond acceptors (Lipinski definition) is 4. The van der Waals surface area contributed by atoms with Gasteiger partial charge in [0.2, 0.25) is 10.0 Å². The van der Waals surface area contributed by atoms with E-state index in [1.165, 1.54) is 9.13 Å². The normalized spacial score (nSPS) is 23.0. The number of imidazole rings is 1. The first kappa shape index (κ1) is 20.6. The molecule has 3 rings (SSSR count). The van der Waals surface area contributed by atoms with Crippen LogP contribution in [0.25, 0.3) is 11.0 Å². The fourth-order valence-electron chi connectivity index (χ4n) is 4.11. The SMILES string of the molecule is Cn1c(=O)n(C)c2cc(S(=O)(=O)NC3CCC(C)(C)CC3CN)c(Br)cc21. The van der Waals surface area contributed by atoms with Gasteiger partial charge in [-0.05, 0) is 65.2 Å². The molecule has 0 spiro atoms. The highest BCUT2D eigenvalue weighted by atomic mass is 79.9. The lowest BCUT2D eigenvalue weighted by molar-refractivity contribution is 0.154. The molecule has 9 heteroatoms. The number of sulfonamides is 1.